The van der Waals surface area contributed by atoms with E-state index in [1.54, 1.807) is 24.1 Å². The van der Waals surface area contributed by atoms with Crippen LogP contribution in [0, 0.1) is 11.2 Å². The number of aryl methyl sites for hydroxylation is 1. The molecule has 4 rings (SSSR count). The molecule has 0 atom stereocenters. The number of carbonyl (C=O) groups excluding carboxylic acids is 1. The van der Waals surface area contributed by atoms with Gasteiger partial charge in [-0.25, -0.2) is 13.9 Å². The molecule has 2 fully saturated rings. The van der Waals surface area contributed by atoms with Gasteiger partial charge in [0, 0.05) is 20.1 Å². The van der Waals surface area contributed by atoms with E-state index in [2.05, 4.69) is 20.8 Å². The highest BCUT2D eigenvalue weighted by atomic mass is 35.5. The fourth-order valence-electron chi connectivity index (χ4n) is 4.14. The van der Waals surface area contributed by atoms with Gasteiger partial charge >= 0.3 is 6.03 Å². The van der Waals surface area contributed by atoms with E-state index in [1.165, 1.54) is 4.68 Å². The van der Waals surface area contributed by atoms with E-state index in [0.717, 1.165) is 31.2 Å². The second-order valence-corrected chi connectivity index (χ2v) is 7.70. The molecule has 1 aliphatic carbocycles. The van der Waals surface area contributed by atoms with Crippen LogP contribution in [-0.2, 0) is 7.05 Å². The molecule has 1 N–H and O–H groups in total. The molecule has 0 radical (unpaired) electrons. The van der Waals surface area contributed by atoms with Crippen molar-refractivity contribution in [2.45, 2.75) is 31.6 Å². The maximum Gasteiger partial charge on any atom is 0.324 e. The summed E-state index contributed by atoms with van der Waals surface area (Å²) in [6.07, 6.45) is 3.76. The van der Waals surface area contributed by atoms with Gasteiger partial charge in [-0.15, -0.1) is 0 Å². The van der Waals surface area contributed by atoms with Gasteiger partial charge in [-0.05, 0) is 59.1 Å². The summed E-state index contributed by atoms with van der Waals surface area (Å²) < 4.78 is 15.6. The van der Waals surface area contributed by atoms with Crippen molar-refractivity contribution in [1.82, 2.24) is 25.1 Å². The number of halogens is 2. The number of nitrogens with zero attached hydrogens (tertiary/aromatic N) is 5. The second-order valence-electron chi connectivity index (χ2n) is 7.29. The molecule has 1 aromatic carbocycles. The number of rotatable bonds is 2. The van der Waals surface area contributed by atoms with Gasteiger partial charge < -0.3 is 4.90 Å². The maximum absolute atomic E-state index is 14.2. The van der Waals surface area contributed by atoms with Gasteiger partial charge in [0.25, 0.3) is 5.95 Å². The van der Waals surface area contributed by atoms with Gasteiger partial charge in [0.1, 0.15) is 5.82 Å². The molecular weight excluding hydrogens is 359 g/mol. The van der Waals surface area contributed by atoms with Crippen molar-refractivity contribution in [2.75, 3.05) is 18.4 Å². The van der Waals surface area contributed by atoms with E-state index < -0.39 is 0 Å². The second kappa shape index (κ2) is 6.50. The zero-order valence-electron chi connectivity index (χ0n) is 14.5. The minimum Gasteiger partial charge on any atom is -0.324 e. The fraction of sp³-hybridized carbons (Fsp3) is 0.529. The Morgan fingerprint density at radius 1 is 1.35 bits per heavy atom. The van der Waals surface area contributed by atoms with Crippen molar-refractivity contribution in [1.29, 1.82) is 0 Å². The molecule has 26 heavy (non-hydrogen) atoms. The Morgan fingerprint density at radius 3 is 2.73 bits per heavy atom. The van der Waals surface area contributed by atoms with Crippen LogP contribution in [0.4, 0.5) is 15.1 Å². The Bertz CT molecular complexity index is 824. The molecule has 1 spiro atoms. The van der Waals surface area contributed by atoms with Crippen LogP contribution in [-0.4, -0.2) is 44.2 Å². The Kier molecular flexibility index (Phi) is 4.30. The third-order valence-corrected chi connectivity index (χ3v) is 6.02. The first-order chi connectivity index (χ1) is 12.5. The number of urea groups is 1. The summed E-state index contributed by atoms with van der Waals surface area (Å²) in [6.45, 7) is 1.36. The lowest BCUT2D eigenvalue weighted by Crippen LogP contribution is -2.49. The van der Waals surface area contributed by atoms with Crippen LogP contribution in [0.25, 0.3) is 0 Å². The van der Waals surface area contributed by atoms with Gasteiger partial charge in [-0.2, -0.15) is 0 Å². The predicted octanol–water partition coefficient (Wildman–Crippen LogP) is 3.19. The molecule has 1 saturated heterocycles. The van der Waals surface area contributed by atoms with E-state index in [-0.39, 0.29) is 28.2 Å². The summed E-state index contributed by atoms with van der Waals surface area (Å²) in [5, 5.41) is 13.9. The van der Waals surface area contributed by atoms with Crippen LogP contribution in [0.2, 0.25) is 5.02 Å². The topological polar surface area (TPSA) is 75.9 Å². The highest BCUT2D eigenvalue weighted by molar-refractivity contribution is 6.30. The number of carbonyl (C=O) groups is 1. The van der Waals surface area contributed by atoms with Gasteiger partial charge in [-0.1, -0.05) is 28.8 Å². The number of benzene rings is 1. The summed E-state index contributed by atoms with van der Waals surface area (Å²) in [5.74, 6) is 0.261. The SMILES string of the molecule is Cn1nnnc1NC(=O)N1CCC2(CC1)CC(c1cccc(Cl)c1F)C2. The zero-order valence-corrected chi connectivity index (χ0v) is 15.2. The van der Waals surface area contributed by atoms with Crippen LogP contribution in [0.15, 0.2) is 18.2 Å². The average molecular weight is 379 g/mol. The summed E-state index contributed by atoms with van der Waals surface area (Å²) in [5.41, 5.74) is 0.931. The number of aromatic nitrogens is 4. The van der Waals surface area contributed by atoms with Gasteiger partial charge in [0.05, 0.1) is 5.02 Å². The first-order valence-corrected chi connectivity index (χ1v) is 9.07. The number of amides is 2. The van der Waals surface area contributed by atoms with Crippen LogP contribution in [0.3, 0.4) is 0 Å². The number of hydrogen-bond acceptors (Lipinski definition) is 4. The highest BCUT2D eigenvalue weighted by Gasteiger charge is 2.47. The molecule has 2 heterocycles. The Balaban J connectivity index is 1.33. The summed E-state index contributed by atoms with van der Waals surface area (Å²) in [4.78, 5) is 14.1. The lowest BCUT2D eigenvalue weighted by Gasteiger charge is -2.52. The lowest BCUT2D eigenvalue weighted by molar-refractivity contribution is 0.0280. The Morgan fingerprint density at radius 2 is 2.08 bits per heavy atom. The first kappa shape index (κ1) is 17.2. The molecule has 1 saturated carbocycles. The van der Waals surface area contributed by atoms with Crippen LogP contribution in [0.5, 0.6) is 0 Å². The Hall–Kier alpha value is -2.22. The van der Waals surface area contributed by atoms with Crippen LogP contribution >= 0.6 is 11.6 Å². The van der Waals surface area contributed by atoms with Gasteiger partial charge in [-0.3, -0.25) is 5.32 Å². The number of piperidine rings is 1. The molecule has 1 aliphatic heterocycles. The number of nitrogens with one attached hydrogen (secondary N) is 1. The number of tetrazole rings is 1. The molecule has 1 aromatic heterocycles. The van der Waals surface area contributed by atoms with Crippen LogP contribution < -0.4 is 5.32 Å². The number of likely N-dealkylation sites (tertiary alicyclic amines) is 1. The monoisotopic (exact) mass is 378 g/mol. The molecule has 7 nitrogen and oxygen atoms in total. The van der Waals surface area contributed by atoms with Gasteiger partial charge in [0.15, 0.2) is 0 Å². The van der Waals surface area contributed by atoms with Gasteiger partial charge in [0.2, 0.25) is 0 Å². The third kappa shape index (κ3) is 3.02. The lowest BCUT2D eigenvalue weighted by atomic mass is 9.56. The molecule has 9 heteroatoms. The molecule has 2 aliphatic rings. The van der Waals surface area contributed by atoms with Crippen LogP contribution in [0.1, 0.15) is 37.2 Å². The Labute approximate surface area is 155 Å². The van der Waals surface area contributed by atoms with Crippen molar-refractivity contribution in [2.24, 2.45) is 12.5 Å². The van der Waals surface area contributed by atoms with E-state index in [9.17, 15) is 9.18 Å². The zero-order chi connectivity index (χ0) is 18.3. The molecule has 2 aromatic rings. The molecule has 0 bridgehead atoms. The largest absolute Gasteiger partial charge is 0.324 e. The predicted molar refractivity (Wildman–Crippen MR) is 94.4 cm³/mol. The minimum absolute atomic E-state index is 0.186. The summed E-state index contributed by atoms with van der Waals surface area (Å²) in [7, 11) is 1.67. The highest BCUT2D eigenvalue weighted by Crippen LogP contribution is 2.57. The molecule has 0 unspecified atom stereocenters. The fourth-order valence-corrected chi connectivity index (χ4v) is 4.33. The molecule has 2 amide bonds. The standard InChI is InChI=1S/C17H20ClFN6O/c1-24-15(21-22-23-24)20-16(26)25-7-5-17(6-8-25)9-11(10-17)12-3-2-4-13(18)14(12)19/h2-4,11H,5-10H2,1H3,(H,20,21,23,26). The normalized spacial score (nSPS) is 19.4. The van der Waals surface area contributed by atoms with E-state index in [1.807, 2.05) is 6.07 Å². The van der Waals surface area contributed by atoms with E-state index in [0.29, 0.717) is 19.0 Å². The number of anilines is 1. The summed E-state index contributed by atoms with van der Waals surface area (Å²) >= 11 is 5.90. The first-order valence-electron chi connectivity index (χ1n) is 8.70. The smallest absolute Gasteiger partial charge is 0.324 e. The molecular formula is C17H20ClFN6O. The minimum atomic E-state index is -0.289. The van der Waals surface area contributed by atoms with Crippen molar-refractivity contribution in [3.63, 3.8) is 0 Å². The van der Waals surface area contributed by atoms with E-state index in [4.69, 9.17) is 11.6 Å². The van der Waals surface area contributed by atoms with Crippen molar-refractivity contribution in [3.05, 3.63) is 34.6 Å². The maximum atomic E-state index is 14.2. The molecule has 138 valence electrons. The number of hydrogen-bond donors (Lipinski definition) is 1. The van der Waals surface area contributed by atoms with Crippen molar-refractivity contribution < 1.29 is 9.18 Å². The van der Waals surface area contributed by atoms with E-state index >= 15 is 0 Å². The quantitative estimate of drug-likeness (QED) is 0.870. The van der Waals surface area contributed by atoms with Crippen molar-refractivity contribution >= 4 is 23.6 Å². The average Bonchev–Trinajstić information content (AvgIpc) is 3.00. The third-order valence-electron chi connectivity index (χ3n) is 5.73. The summed E-state index contributed by atoms with van der Waals surface area (Å²) in [6, 6.07) is 5.03. The van der Waals surface area contributed by atoms with Crippen molar-refractivity contribution in [3.8, 4) is 0 Å².